The maximum absolute atomic E-state index is 13.3. The standard InChI is InChI=1S/C28H36N4O2/c1-19(2)27(33)31-26(16-22-17-29-25-10-5-4-9-24(22)25)28(34)30-23-11-13-32(14-12-23)18-21-8-6-7-20(3)15-21/h4-10,15,17,19,23,26,29H,11-14,16,18H2,1-3H3,(H,30,34)(H,31,33). The number of para-hydroxylation sites is 1. The highest BCUT2D eigenvalue weighted by molar-refractivity contribution is 5.90. The van der Waals surface area contributed by atoms with Gasteiger partial charge in [0.25, 0.3) is 0 Å². The van der Waals surface area contributed by atoms with Crippen LogP contribution in [0, 0.1) is 12.8 Å². The molecule has 3 aromatic rings. The first-order chi connectivity index (χ1) is 16.4. The van der Waals surface area contributed by atoms with Gasteiger partial charge in [0.2, 0.25) is 11.8 Å². The van der Waals surface area contributed by atoms with Crippen molar-refractivity contribution in [1.82, 2.24) is 20.5 Å². The van der Waals surface area contributed by atoms with Crippen LogP contribution in [-0.4, -0.2) is 46.9 Å². The zero-order chi connectivity index (χ0) is 24.1. The Labute approximate surface area is 202 Å². The molecule has 6 nitrogen and oxygen atoms in total. The molecule has 180 valence electrons. The largest absolute Gasteiger partial charge is 0.361 e. The fraction of sp³-hybridized carbons (Fsp3) is 0.429. The van der Waals surface area contributed by atoms with Crippen LogP contribution in [0.5, 0.6) is 0 Å². The van der Waals surface area contributed by atoms with E-state index in [0.717, 1.165) is 48.9 Å². The minimum absolute atomic E-state index is 0.101. The second kappa shape index (κ2) is 10.9. The number of carbonyl (C=O) groups excluding carboxylic acids is 2. The predicted molar refractivity (Wildman–Crippen MR) is 136 cm³/mol. The van der Waals surface area contributed by atoms with Crippen molar-refractivity contribution in [2.45, 2.75) is 58.7 Å². The average molecular weight is 461 g/mol. The van der Waals surface area contributed by atoms with E-state index in [2.05, 4.69) is 51.7 Å². The molecule has 1 saturated heterocycles. The molecule has 1 aliphatic rings. The van der Waals surface area contributed by atoms with E-state index in [4.69, 9.17) is 0 Å². The number of hydrogen-bond acceptors (Lipinski definition) is 3. The summed E-state index contributed by atoms with van der Waals surface area (Å²) in [4.78, 5) is 31.5. The van der Waals surface area contributed by atoms with Gasteiger partial charge in [0.05, 0.1) is 0 Å². The van der Waals surface area contributed by atoms with Gasteiger partial charge in [-0.3, -0.25) is 14.5 Å². The monoisotopic (exact) mass is 460 g/mol. The molecule has 1 aliphatic heterocycles. The van der Waals surface area contributed by atoms with Gasteiger partial charge in [-0.1, -0.05) is 61.9 Å². The van der Waals surface area contributed by atoms with Crippen LogP contribution in [0.3, 0.4) is 0 Å². The van der Waals surface area contributed by atoms with Crippen molar-refractivity contribution in [3.05, 3.63) is 71.4 Å². The normalized spacial score (nSPS) is 16.0. The summed E-state index contributed by atoms with van der Waals surface area (Å²) in [6.07, 6.45) is 4.22. The SMILES string of the molecule is Cc1cccc(CN2CCC(NC(=O)C(Cc3c[nH]c4ccccc34)NC(=O)C(C)C)CC2)c1. The van der Waals surface area contributed by atoms with E-state index in [9.17, 15) is 9.59 Å². The third-order valence-electron chi connectivity index (χ3n) is 6.68. The first kappa shape index (κ1) is 24.0. The van der Waals surface area contributed by atoms with Gasteiger partial charge < -0.3 is 15.6 Å². The highest BCUT2D eigenvalue weighted by Crippen LogP contribution is 2.20. The van der Waals surface area contributed by atoms with Crippen LogP contribution in [0.25, 0.3) is 10.9 Å². The van der Waals surface area contributed by atoms with E-state index < -0.39 is 6.04 Å². The third-order valence-corrected chi connectivity index (χ3v) is 6.68. The van der Waals surface area contributed by atoms with Gasteiger partial charge in [-0.25, -0.2) is 0 Å². The Morgan fingerprint density at radius 3 is 2.56 bits per heavy atom. The maximum atomic E-state index is 13.3. The number of nitrogens with one attached hydrogen (secondary N) is 3. The minimum atomic E-state index is -0.598. The van der Waals surface area contributed by atoms with Gasteiger partial charge in [0.15, 0.2) is 0 Å². The maximum Gasteiger partial charge on any atom is 0.243 e. The van der Waals surface area contributed by atoms with E-state index in [1.54, 1.807) is 0 Å². The van der Waals surface area contributed by atoms with Crippen molar-refractivity contribution < 1.29 is 9.59 Å². The number of aromatic nitrogens is 1. The lowest BCUT2D eigenvalue weighted by Gasteiger charge is -2.33. The molecule has 0 radical (unpaired) electrons. The molecule has 0 bridgehead atoms. The van der Waals surface area contributed by atoms with Gasteiger partial charge in [0.1, 0.15) is 6.04 Å². The van der Waals surface area contributed by atoms with Crippen molar-refractivity contribution in [1.29, 1.82) is 0 Å². The summed E-state index contributed by atoms with van der Waals surface area (Å²) in [7, 11) is 0. The van der Waals surface area contributed by atoms with Gasteiger partial charge in [-0.2, -0.15) is 0 Å². The molecule has 1 unspecified atom stereocenters. The van der Waals surface area contributed by atoms with Crippen LogP contribution in [0.2, 0.25) is 0 Å². The van der Waals surface area contributed by atoms with E-state index in [1.807, 2.05) is 44.3 Å². The number of piperidine rings is 1. The summed E-state index contributed by atoms with van der Waals surface area (Å²) < 4.78 is 0. The number of amides is 2. The second-order valence-corrected chi connectivity index (χ2v) is 9.83. The van der Waals surface area contributed by atoms with E-state index in [1.165, 1.54) is 11.1 Å². The number of aryl methyl sites for hydroxylation is 1. The smallest absolute Gasteiger partial charge is 0.243 e. The summed E-state index contributed by atoms with van der Waals surface area (Å²) in [5.41, 5.74) is 4.68. The number of likely N-dealkylation sites (tertiary alicyclic amines) is 1. The summed E-state index contributed by atoms with van der Waals surface area (Å²) in [6, 6.07) is 16.2. The van der Waals surface area contributed by atoms with Gasteiger partial charge in [-0.15, -0.1) is 0 Å². The Balaban J connectivity index is 1.37. The molecule has 1 atom stereocenters. The Bertz CT molecular complexity index is 1130. The molecule has 0 aliphatic carbocycles. The number of benzene rings is 2. The Hall–Kier alpha value is -3.12. The number of fused-ring (bicyclic) bond motifs is 1. The summed E-state index contributed by atoms with van der Waals surface area (Å²) in [5, 5.41) is 7.29. The van der Waals surface area contributed by atoms with Crippen molar-refractivity contribution in [2.75, 3.05) is 13.1 Å². The molecule has 6 heteroatoms. The van der Waals surface area contributed by atoms with E-state index in [0.29, 0.717) is 6.42 Å². The minimum Gasteiger partial charge on any atom is -0.361 e. The number of aromatic amines is 1. The first-order valence-corrected chi connectivity index (χ1v) is 12.3. The topological polar surface area (TPSA) is 77.2 Å². The third kappa shape index (κ3) is 6.06. The molecule has 2 aromatic carbocycles. The van der Waals surface area contributed by atoms with Crippen LogP contribution in [0.15, 0.2) is 54.7 Å². The number of hydrogen-bond donors (Lipinski definition) is 3. The predicted octanol–water partition coefficient (Wildman–Crippen LogP) is 3.94. The molecule has 3 N–H and O–H groups in total. The van der Waals surface area contributed by atoms with Gasteiger partial charge >= 0.3 is 0 Å². The van der Waals surface area contributed by atoms with Crippen LogP contribution in [0.4, 0.5) is 0 Å². The molecule has 34 heavy (non-hydrogen) atoms. The summed E-state index contributed by atoms with van der Waals surface area (Å²) in [6.45, 7) is 8.65. The summed E-state index contributed by atoms with van der Waals surface area (Å²) >= 11 is 0. The van der Waals surface area contributed by atoms with Gasteiger partial charge in [0, 0.05) is 55.1 Å². The molecule has 0 spiro atoms. The number of rotatable bonds is 8. The average Bonchev–Trinajstić information content (AvgIpc) is 3.22. The van der Waals surface area contributed by atoms with Crippen LogP contribution >= 0.6 is 0 Å². The Morgan fingerprint density at radius 2 is 1.82 bits per heavy atom. The number of carbonyl (C=O) groups is 2. The molecule has 4 rings (SSSR count). The van der Waals surface area contributed by atoms with Crippen LogP contribution in [0.1, 0.15) is 43.4 Å². The highest BCUT2D eigenvalue weighted by atomic mass is 16.2. The van der Waals surface area contributed by atoms with Gasteiger partial charge in [-0.05, 0) is 37.0 Å². The highest BCUT2D eigenvalue weighted by Gasteiger charge is 2.27. The Morgan fingerprint density at radius 1 is 1.06 bits per heavy atom. The molecular formula is C28H36N4O2. The van der Waals surface area contributed by atoms with E-state index >= 15 is 0 Å². The Kier molecular flexibility index (Phi) is 7.68. The van der Waals surface area contributed by atoms with E-state index in [-0.39, 0.29) is 23.8 Å². The zero-order valence-corrected chi connectivity index (χ0v) is 20.4. The van der Waals surface area contributed by atoms with Crippen LogP contribution < -0.4 is 10.6 Å². The fourth-order valence-corrected chi connectivity index (χ4v) is 4.67. The lowest BCUT2D eigenvalue weighted by molar-refractivity contribution is -0.131. The lowest BCUT2D eigenvalue weighted by atomic mass is 10.0. The lowest BCUT2D eigenvalue weighted by Crippen LogP contribution is -2.53. The number of nitrogens with zero attached hydrogens (tertiary/aromatic N) is 1. The molecule has 0 saturated carbocycles. The number of H-pyrrole nitrogens is 1. The molecule has 2 heterocycles. The molecule has 2 amide bonds. The van der Waals surface area contributed by atoms with Crippen molar-refractivity contribution in [3.8, 4) is 0 Å². The molecule has 1 aromatic heterocycles. The van der Waals surface area contributed by atoms with Crippen molar-refractivity contribution >= 4 is 22.7 Å². The molecular weight excluding hydrogens is 424 g/mol. The second-order valence-electron chi connectivity index (χ2n) is 9.83. The fourth-order valence-electron chi connectivity index (χ4n) is 4.67. The van der Waals surface area contributed by atoms with Crippen molar-refractivity contribution in [2.24, 2.45) is 5.92 Å². The van der Waals surface area contributed by atoms with Crippen molar-refractivity contribution in [3.63, 3.8) is 0 Å². The zero-order valence-electron chi connectivity index (χ0n) is 20.4. The van der Waals surface area contributed by atoms with Crippen LogP contribution in [-0.2, 0) is 22.6 Å². The summed E-state index contributed by atoms with van der Waals surface area (Å²) in [5.74, 6) is -0.382. The molecule has 1 fully saturated rings. The quantitative estimate of drug-likeness (QED) is 0.477. The first-order valence-electron chi connectivity index (χ1n) is 12.3.